The Labute approximate surface area is 124 Å². The van der Waals surface area contributed by atoms with E-state index in [0.29, 0.717) is 10.6 Å². The fourth-order valence-corrected chi connectivity index (χ4v) is 2.36. The third kappa shape index (κ3) is 3.11. The average molecular weight is 293 g/mol. The Balaban J connectivity index is 2.36. The Morgan fingerprint density at radius 2 is 1.75 bits per heavy atom. The lowest BCUT2D eigenvalue weighted by Gasteiger charge is -2.19. The summed E-state index contributed by atoms with van der Waals surface area (Å²) in [5.41, 5.74) is 2.72. The van der Waals surface area contributed by atoms with Crippen molar-refractivity contribution in [1.29, 1.82) is 0 Å². The van der Waals surface area contributed by atoms with Crippen LogP contribution in [-0.2, 0) is 0 Å². The molecular weight excluding hydrogens is 275 g/mol. The Bertz CT molecular complexity index is 582. The molecule has 2 rings (SSSR count). The van der Waals surface area contributed by atoms with Crippen molar-refractivity contribution in [3.8, 4) is 0 Å². The molecule has 20 heavy (non-hydrogen) atoms. The lowest BCUT2D eigenvalue weighted by Crippen LogP contribution is -2.19. The van der Waals surface area contributed by atoms with Crippen LogP contribution in [-0.4, -0.2) is 21.1 Å². The summed E-state index contributed by atoms with van der Waals surface area (Å²) in [6, 6.07) is 12.6. The van der Waals surface area contributed by atoms with Crippen molar-refractivity contribution in [3.05, 3.63) is 64.4 Å². The molecule has 0 aliphatic heterocycles. The number of benzene rings is 2. The molecule has 0 saturated carbocycles. The van der Waals surface area contributed by atoms with Gasteiger partial charge in [0.15, 0.2) is 0 Å². The number of halogens is 2. The maximum Gasteiger partial charge on any atom is 0.129 e. The number of anilines is 1. The lowest BCUT2D eigenvalue weighted by atomic mass is 9.98. The first kappa shape index (κ1) is 14.8. The normalized spacial score (nSPS) is 12.2. The highest BCUT2D eigenvalue weighted by Crippen LogP contribution is 2.27. The Kier molecular flexibility index (Phi) is 4.63. The second-order valence-electron chi connectivity index (χ2n) is 4.87. The summed E-state index contributed by atoms with van der Waals surface area (Å²) in [4.78, 5) is 2.03. The molecule has 1 atom stereocenters. The van der Waals surface area contributed by atoms with Crippen molar-refractivity contribution >= 4 is 17.3 Å². The first-order chi connectivity index (χ1) is 9.52. The van der Waals surface area contributed by atoms with Crippen LogP contribution in [0.5, 0.6) is 0 Å². The van der Waals surface area contributed by atoms with Crippen LogP contribution >= 0.6 is 11.6 Å². The predicted molar refractivity (Wildman–Crippen MR) is 83.1 cm³/mol. The monoisotopic (exact) mass is 292 g/mol. The third-order valence-electron chi connectivity index (χ3n) is 3.30. The molecule has 4 heteroatoms. The number of rotatable bonds is 4. The van der Waals surface area contributed by atoms with Crippen LogP contribution < -0.4 is 10.2 Å². The zero-order chi connectivity index (χ0) is 14.7. The summed E-state index contributed by atoms with van der Waals surface area (Å²) in [5, 5.41) is 3.55. The van der Waals surface area contributed by atoms with Crippen LogP contribution in [0.2, 0.25) is 5.02 Å². The first-order valence-corrected chi connectivity index (χ1v) is 6.80. The van der Waals surface area contributed by atoms with E-state index >= 15 is 0 Å². The van der Waals surface area contributed by atoms with Gasteiger partial charge in [-0.15, -0.1) is 0 Å². The summed E-state index contributed by atoms with van der Waals surface area (Å²) in [7, 11) is 5.80. The van der Waals surface area contributed by atoms with Crippen LogP contribution in [0.15, 0.2) is 42.5 Å². The topological polar surface area (TPSA) is 15.3 Å². The van der Waals surface area contributed by atoms with Gasteiger partial charge in [-0.1, -0.05) is 29.8 Å². The molecule has 1 unspecified atom stereocenters. The van der Waals surface area contributed by atoms with Crippen LogP contribution in [0.25, 0.3) is 0 Å². The van der Waals surface area contributed by atoms with Gasteiger partial charge >= 0.3 is 0 Å². The van der Waals surface area contributed by atoms with E-state index in [1.807, 2.05) is 50.3 Å². The third-order valence-corrected chi connectivity index (χ3v) is 3.54. The van der Waals surface area contributed by atoms with Gasteiger partial charge in [-0.3, -0.25) is 0 Å². The Morgan fingerprint density at radius 1 is 1.10 bits per heavy atom. The molecule has 1 N–H and O–H groups in total. The molecule has 0 aliphatic rings. The fraction of sp³-hybridized carbons (Fsp3) is 0.250. The molecule has 2 nitrogen and oxygen atoms in total. The quantitative estimate of drug-likeness (QED) is 0.921. The highest BCUT2D eigenvalue weighted by molar-refractivity contribution is 6.30. The van der Waals surface area contributed by atoms with Crippen LogP contribution in [0.4, 0.5) is 10.1 Å². The number of nitrogens with one attached hydrogen (secondary N) is 1. The molecule has 0 bridgehead atoms. The number of nitrogens with zero attached hydrogens (tertiary/aromatic N) is 1. The second-order valence-corrected chi connectivity index (χ2v) is 5.31. The smallest absolute Gasteiger partial charge is 0.129 e. The predicted octanol–water partition coefficient (Wildman–Crippen LogP) is 3.85. The largest absolute Gasteiger partial charge is 0.378 e. The van der Waals surface area contributed by atoms with Gasteiger partial charge in [0.1, 0.15) is 5.82 Å². The van der Waals surface area contributed by atoms with Gasteiger partial charge in [0, 0.05) is 30.4 Å². The summed E-state index contributed by atoms with van der Waals surface area (Å²) in [6.45, 7) is 0. The summed E-state index contributed by atoms with van der Waals surface area (Å²) in [5.74, 6) is -0.298. The molecule has 2 aromatic carbocycles. The maximum atomic E-state index is 14.0. The van der Waals surface area contributed by atoms with E-state index in [0.717, 1.165) is 11.3 Å². The van der Waals surface area contributed by atoms with Crippen molar-refractivity contribution in [2.45, 2.75) is 6.04 Å². The standard InChI is InChI=1S/C16H18ClFN2/c1-19-16(14-9-6-12(17)10-15(14)18)11-4-7-13(8-5-11)20(2)3/h4-10,16,19H,1-3H3. The maximum absolute atomic E-state index is 14.0. The van der Waals surface area contributed by atoms with Gasteiger partial charge in [0.05, 0.1) is 6.04 Å². The highest BCUT2D eigenvalue weighted by Gasteiger charge is 2.16. The van der Waals surface area contributed by atoms with Gasteiger partial charge in [0.25, 0.3) is 0 Å². The zero-order valence-corrected chi connectivity index (χ0v) is 12.6. The van der Waals surface area contributed by atoms with Crippen LogP contribution in [0.3, 0.4) is 0 Å². The summed E-state index contributed by atoms with van der Waals surface area (Å²) in [6.07, 6.45) is 0. The van der Waals surface area contributed by atoms with Crippen molar-refractivity contribution in [2.75, 3.05) is 26.0 Å². The van der Waals surface area contributed by atoms with E-state index in [9.17, 15) is 4.39 Å². The van der Waals surface area contributed by atoms with E-state index in [-0.39, 0.29) is 11.9 Å². The van der Waals surface area contributed by atoms with Crippen LogP contribution in [0.1, 0.15) is 17.2 Å². The van der Waals surface area contributed by atoms with E-state index in [1.54, 1.807) is 12.1 Å². The molecule has 0 radical (unpaired) electrons. The van der Waals surface area contributed by atoms with Crippen molar-refractivity contribution in [3.63, 3.8) is 0 Å². The summed E-state index contributed by atoms with van der Waals surface area (Å²) >= 11 is 5.80. The second kappa shape index (κ2) is 6.25. The summed E-state index contributed by atoms with van der Waals surface area (Å²) < 4.78 is 14.0. The fourth-order valence-electron chi connectivity index (χ4n) is 2.20. The lowest BCUT2D eigenvalue weighted by molar-refractivity contribution is 0.576. The molecule has 2 aromatic rings. The van der Waals surface area contributed by atoms with E-state index in [2.05, 4.69) is 5.32 Å². The molecule has 0 aliphatic carbocycles. The number of hydrogen-bond acceptors (Lipinski definition) is 2. The molecule has 0 amide bonds. The molecule has 0 heterocycles. The Morgan fingerprint density at radius 3 is 2.25 bits per heavy atom. The van der Waals surface area contributed by atoms with Crippen LogP contribution in [0, 0.1) is 5.82 Å². The van der Waals surface area contributed by atoms with Gasteiger partial charge < -0.3 is 10.2 Å². The minimum atomic E-state index is -0.298. The first-order valence-electron chi connectivity index (χ1n) is 6.42. The molecule has 0 spiro atoms. The van der Waals surface area contributed by atoms with Crippen molar-refractivity contribution in [2.24, 2.45) is 0 Å². The van der Waals surface area contributed by atoms with Gasteiger partial charge in [-0.05, 0) is 36.9 Å². The average Bonchev–Trinajstić information content (AvgIpc) is 2.42. The minimum absolute atomic E-state index is 0.191. The van der Waals surface area contributed by atoms with Gasteiger partial charge in [0.2, 0.25) is 0 Å². The molecule has 0 fully saturated rings. The highest BCUT2D eigenvalue weighted by atomic mass is 35.5. The van der Waals surface area contributed by atoms with E-state index in [1.165, 1.54) is 6.07 Å². The zero-order valence-electron chi connectivity index (χ0n) is 11.8. The van der Waals surface area contributed by atoms with E-state index in [4.69, 9.17) is 11.6 Å². The molecule has 0 saturated heterocycles. The number of hydrogen-bond donors (Lipinski definition) is 1. The molecular formula is C16H18ClFN2. The van der Waals surface area contributed by atoms with Gasteiger partial charge in [-0.25, -0.2) is 4.39 Å². The van der Waals surface area contributed by atoms with Gasteiger partial charge in [-0.2, -0.15) is 0 Å². The minimum Gasteiger partial charge on any atom is -0.378 e. The SMILES string of the molecule is CNC(c1ccc(N(C)C)cc1)c1ccc(Cl)cc1F. The van der Waals surface area contributed by atoms with E-state index < -0.39 is 0 Å². The van der Waals surface area contributed by atoms with Crippen molar-refractivity contribution < 1.29 is 4.39 Å². The van der Waals surface area contributed by atoms with Crippen molar-refractivity contribution in [1.82, 2.24) is 5.32 Å². The molecule has 106 valence electrons. The molecule has 0 aromatic heterocycles. The Hall–Kier alpha value is -1.58.